The van der Waals surface area contributed by atoms with Gasteiger partial charge >= 0.3 is 0 Å². The Kier molecular flexibility index (Phi) is 3.60. The average molecular weight is 320 g/mol. The minimum atomic E-state index is 0.619. The van der Waals surface area contributed by atoms with Gasteiger partial charge in [-0.2, -0.15) is 0 Å². The molecule has 19 heavy (non-hydrogen) atoms. The maximum Gasteiger partial charge on any atom is 0.161 e. The molecule has 0 aromatic heterocycles. The Balaban J connectivity index is 1.72. The largest absolute Gasteiger partial charge is 0.486 e. The Bertz CT molecular complexity index is 586. The molecule has 2 aromatic rings. The summed E-state index contributed by atoms with van der Waals surface area (Å²) in [7, 11) is 0. The van der Waals surface area contributed by atoms with Crippen LogP contribution in [-0.4, -0.2) is 13.2 Å². The number of fused-ring (bicyclic) bond motifs is 1. The summed E-state index contributed by atoms with van der Waals surface area (Å²) in [6, 6.07) is 14.1. The molecular formula is C15H14BrNO2. The lowest BCUT2D eigenvalue weighted by Gasteiger charge is -2.19. The van der Waals surface area contributed by atoms with Crippen LogP contribution in [0.1, 0.15) is 5.56 Å². The summed E-state index contributed by atoms with van der Waals surface area (Å²) in [5.74, 6) is 1.66. The van der Waals surface area contributed by atoms with Crippen molar-refractivity contribution >= 4 is 21.6 Å². The lowest BCUT2D eigenvalue weighted by Crippen LogP contribution is -2.15. The number of para-hydroxylation sites is 1. The highest BCUT2D eigenvalue weighted by atomic mass is 79.9. The first-order chi connectivity index (χ1) is 9.33. The van der Waals surface area contributed by atoms with E-state index in [1.165, 1.54) is 5.56 Å². The molecule has 1 aliphatic rings. The zero-order valence-corrected chi connectivity index (χ0v) is 11.9. The first kappa shape index (κ1) is 12.4. The number of hydrogen-bond acceptors (Lipinski definition) is 3. The van der Waals surface area contributed by atoms with Crippen LogP contribution in [0.2, 0.25) is 0 Å². The summed E-state index contributed by atoms with van der Waals surface area (Å²) >= 11 is 3.52. The molecule has 3 nitrogen and oxygen atoms in total. The highest BCUT2D eigenvalue weighted by molar-refractivity contribution is 9.10. The first-order valence-corrected chi connectivity index (χ1v) is 6.99. The molecule has 3 rings (SSSR count). The molecule has 1 N–H and O–H groups in total. The molecule has 0 atom stereocenters. The number of nitrogens with one attached hydrogen (secondary N) is 1. The molecule has 0 unspecified atom stereocenters. The molecule has 0 radical (unpaired) electrons. The second kappa shape index (κ2) is 5.53. The standard InChI is InChI=1S/C15H14BrNO2/c16-12-3-1-2-4-13(12)17-10-11-5-6-14-15(9-11)19-8-7-18-14/h1-6,9,17H,7-8,10H2. The fourth-order valence-electron chi connectivity index (χ4n) is 2.00. The molecule has 1 aliphatic heterocycles. The van der Waals surface area contributed by atoms with Crippen molar-refractivity contribution in [3.8, 4) is 11.5 Å². The number of halogens is 1. The quantitative estimate of drug-likeness (QED) is 0.932. The topological polar surface area (TPSA) is 30.5 Å². The number of ether oxygens (including phenoxy) is 2. The minimum absolute atomic E-state index is 0.619. The fourth-order valence-corrected chi connectivity index (χ4v) is 2.42. The summed E-state index contributed by atoms with van der Waals surface area (Å²) in [4.78, 5) is 0. The van der Waals surface area contributed by atoms with Crippen LogP contribution < -0.4 is 14.8 Å². The van der Waals surface area contributed by atoms with Gasteiger partial charge in [0.05, 0.1) is 0 Å². The van der Waals surface area contributed by atoms with Crippen LogP contribution in [0.25, 0.3) is 0 Å². The highest BCUT2D eigenvalue weighted by Crippen LogP contribution is 2.31. The second-order valence-electron chi connectivity index (χ2n) is 4.31. The summed E-state index contributed by atoms with van der Waals surface area (Å²) in [5.41, 5.74) is 2.25. The van der Waals surface area contributed by atoms with Crippen molar-refractivity contribution < 1.29 is 9.47 Å². The number of rotatable bonds is 3. The summed E-state index contributed by atoms with van der Waals surface area (Å²) in [5, 5.41) is 3.39. The van der Waals surface area contributed by atoms with Gasteiger partial charge in [-0.1, -0.05) is 18.2 Å². The minimum Gasteiger partial charge on any atom is -0.486 e. The Morgan fingerprint density at radius 2 is 1.79 bits per heavy atom. The van der Waals surface area contributed by atoms with Crippen molar-refractivity contribution in [2.24, 2.45) is 0 Å². The predicted octanol–water partition coefficient (Wildman–Crippen LogP) is 3.83. The molecule has 0 saturated heterocycles. The molecule has 0 bridgehead atoms. The molecule has 0 aliphatic carbocycles. The Morgan fingerprint density at radius 3 is 2.63 bits per heavy atom. The maximum absolute atomic E-state index is 5.58. The monoisotopic (exact) mass is 319 g/mol. The van der Waals surface area contributed by atoms with Gasteiger partial charge in [0.2, 0.25) is 0 Å². The molecular weight excluding hydrogens is 306 g/mol. The van der Waals surface area contributed by atoms with Gasteiger partial charge in [-0.3, -0.25) is 0 Å². The van der Waals surface area contributed by atoms with Crippen LogP contribution in [0.5, 0.6) is 11.5 Å². The first-order valence-electron chi connectivity index (χ1n) is 6.20. The molecule has 0 spiro atoms. The van der Waals surface area contributed by atoms with Crippen LogP contribution in [0.15, 0.2) is 46.9 Å². The van der Waals surface area contributed by atoms with E-state index in [2.05, 4.69) is 27.3 Å². The third-order valence-corrected chi connectivity index (χ3v) is 3.65. The van der Waals surface area contributed by atoms with Gasteiger partial charge in [0, 0.05) is 16.7 Å². The summed E-state index contributed by atoms with van der Waals surface area (Å²) < 4.78 is 12.1. The third-order valence-electron chi connectivity index (χ3n) is 2.96. The molecule has 2 aromatic carbocycles. The Labute approximate surface area is 120 Å². The van der Waals surface area contributed by atoms with Gasteiger partial charge in [-0.05, 0) is 45.8 Å². The SMILES string of the molecule is Brc1ccccc1NCc1ccc2c(c1)OCCO2. The van der Waals surface area contributed by atoms with Crippen molar-refractivity contribution in [3.63, 3.8) is 0 Å². The van der Waals surface area contributed by atoms with Crippen molar-refractivity contribution in [2.45, 2.75) is 6.54 Å². The van der Waals surface area contributed by atoms with E-state index in [1.807, 2.05) is 36.4 Å². The van der Waals surface area contributed by atoms with Crippen molar-refractivity contribution in [1.82, 2.24) is 0 Å². The third kappa shape index (κ3) is 2.84. The van der Waals surface area contributed by atoms with Gasteiger partial charge < -0.3 is 14.8 Å². The summed E-state index contributed by atoms with van der Waals surface area (Å²) in [6.45, 7) is 1.99. The van der Waals surface area contributed by atoms with E-state index in [0.717, 1.165) is 28.2 Å². The van der Waals surface area contributed by atoms with Crippen LogP contribution in [0.3, 0.4) is 0 Å². The number of anilines is 1. The van der Waals surface area contributed by atoms with E-state index in [4.69, 9.17) is 9.47 Å². The lowest BCUT2D eigenvalue weighted by molar-refractivity contribution is 0.171. The maximum atomic E-state index is 5.58. The van der Waals surface area contributed by atoms with E-state index >= 15 is 0 Å². The van der Waals surface area contributed by atoms with E-state index in [0.29, 0.717) is 13.2 Å². The van der Waals surface area contributed by atoms with Crippen LogP contribution in [0.4, 0.5) is 5.69 Å². The van der Waals surface area contributed by atoms with E-state index in [1.54, 1.807) is 0 Å². The van der Waals surface area contributed by atoms with Crippen molar-refractivity contribution in [2.75, 3.05) is 18.5 Å². The van der Waals surface area contributed by atoms with E-state index in [-0.39, 0.29) is 0 Å². The van der Waals surface area contributed by atoms with Gasteiger partial charge in [-0.25, -0.2) is 0 Å². The van der Waals surface area contributed by atoms with Gasteiger partial charge in [0.15, 0.2) is 11.5 Å². The smallest absolute Gasteiger partial charge is 0.161 e. The van der Waals surface area contributed by atoms with Gasteiger partial charge in [0.25, 0.3) is 0 Å². The van der Waals surface area contributed by atoms with E-state index < -0.39 is 0 Å². The Morgan fingerprint density at radius 1 is 1.00 bits per heavy atom. The molecule has 0 fully saturated rings. The fraction of sp³-hybridized carbons (Fsp3) is 0.200. The normalized spacial score (nSPS) is 13.1. The van der Waals surface area contributed by atoms with Crippen LogP contribution >= 0.6 is 15.9 Å². The average Bonchev–Trinajstić information content (AvgIpc) is 2.46. The molecule has 0 amide bonds. The van der Waals surface area contributed by atoms with Crippen molar-refractivity contribution in [3.05, 3.63) is 52.5 Å². The number of benzene rings is 2. The van der Waals surface area contributed by atoms with Gasteiger partial charge in [-0.15, -0.1) is 0 Å². The van der Waals surface area contributed by atoms with Gasteiger partial charge in [0.1, 0.15) is 13.2 Å². The zero-order valence-electron chi connectivity index (χ0n) is 10.4. The second-order valence-corrected chi connectivity index (χ2v) is 5.17. The highest BCUT2D eigenvalue weighted by Gasteiger charge is 2.11. The van der Waals surface area contributed by atoms with Crippen LogP contribution in [-0.2, 0) is 6.54 Å². The summed E-state index contributed by atoms with van der Waals surface area (Å²) in [6.07, 6.45) is 0. The zero-order chi connectivity index (χ0) is 13.1. The molecule has 0 saturated carbocycles. The van der Waals surface area contributed by atoms with Crippen molar-refractivity contribution in [1.29, 1.82) is 0 Å². The predicted molar refractivity (Wildman–Crippen MR) is 78.9 cm³/mol. The molecule has 1 heterocycles. The Hall–Kier alpha value is -1.68. The molecule has 98 valence electrons. The van der Waals surface area contributed by atoms with Crippen LogP contribution in [0, 0.1) is 0 Å². The number of hydrogen-bond donors (Lipinski definition) is 1. The van der Waals surface area contributed by atoms with E-state index in [9.17, 15) is 0 Å². The molecule has 4 heteroatoms. The lowest BCUT2D eigenvalue weighted by atomic mass is 10.2.